The molecule has 0 unspecified atom stereocenters. The lowest BCUT2D eigenvalue weighted by molar-refractivity contribution is -0.120. The molecule has 2 aromatic carbocycles. The van der Waals surface area contributed by atoms with E-state index in [1.165, 1.54) is 6.07 Å². The summed E-state index contributed by atoms with van der Waals surface area (Å²) in [5.41, 5.74) is 0.367. The summed E-state index contributed by atoms with van der Waals surface area (Å²) in [5, 5.41) is 12.1. The van der Waals surface area contributed by atoms with E-state index in [2.05, 4.69) is 5.32 Å². The van der Waals surface area contributed by atoms with Crippen molar-refractivity contribution >= 4 is 11.6 Å². The normalized spacial score (nSPS) is 10.1. The molecule has 0 spiro atoms. The molecule has 0 aliphatic carbocycles. The van der Waals surface area contributed by atoms with Gasteiger partial charge in [0, 0.05) is 0 Å². The fourth-order valence-corrected chi connectivity index (χ4v) is 1.67. The number of phenols is 1. The zero-order valence-electron chi connectivity index (χ0n) is 11.5. The molecule has 2 N–H and O–H groups in total. The number of phenolic OH excluding ortho intramolecular Hbond substituents is 1. The average Bonchev–Trinajstić information content (AvgIpc) is 2.50. The van der Waals surface area contributed by atoms with Crippen LogP contribution in [-0.4, -0.2) is 30.8 Å². The van der Waals surface area contributed by atoms with Crippen LogP contribution in [0.5, 0.6) is 11.5 Å². The number of anilines is 1. The molecular weight excluding hydrogens is 270 g/mol. The second kappa shape index (κ2) is 7.91. The third-order valence-corrected chi connectivity index (χ3v) is 2.65. The van der Waals surface area contributed by atoms with E-state index in [1.807, 2.05) is 30.3 Å². The van der Waals surface area contributed by atoms with Crippen molar-refractivity contribution in [1.82, 2.24) is 0 Å². The van der Waals surface area contributed by atoms with Crippen LogP contribution in [0.3, 0.4) is 0 Å². The second-order valence-electron chi connectivity index (χ2n) is 4.28. The van der Waals surface area contributed by atoms with E-state index in [4.69, 9.17) is 9.47 Å². The summed E-state index contributed by atoms with van der Waals surface area (Å²) < 4.78 is 10.6. The quantitative estimate of drug-likeness (QED) is 0.606. The standard InChI is InChI=1S/C16H17NO4/c18-15-9-5-4-8-14(15)17-16(19)12-20-10-11-21-13-6-2-1-3-7-13/h1-9,18H,10-12H2,(H,17,19). The Labute approximate surface area is 123 Å². The smallest absolute Gasteiger partial charge is 0.250 e. The number of nitrogens with one attached hydrogen (secondary N) is 1. The molecule has 0 aliphatic heterocycles. The van der Waals surface area contributed by atoms with Crippen molar-refractivity contribution in [3.05, 3.63) is 54.6 Å². The highest BCUT2D eigenvalue weighted by Crippen LogP contribution is 2.21. The van der Waals surface area contributed by atoms with Gasteiger partial charge in [-0.2, -0.15) is 0 Å². The van der Waals surface area contributed by atoms with Crippen LogP contribution in [0.15, 0.2) is 54.6 Å². The first-order valence-electron chi connectivity index (χ1n) is 6.59. The van der Waals surface area contributed by atoms with Crippen LogP contribution in [0, 0.1) is 0 Å². The largest absolute Gasteiger partial charge is 0.506 e. The van der Waals surface area contributed by atoms with Gasteiger partial charge in [-0.05, 0) is 24.3 Å². The molecule has 0 saturated carbocycles. The Morgan fingerprint density at radius 1 is 1.00 bits per heavy atom. The molecule has 0 saturated heterocycles. The minimum absolute atomic E-state index is 0.0262. The first-order valence-corrected chi connectivity index (χ1v) is 6.59. The van der Waals surface area contributed by atoms with Crippen molar-refractivity contribution in [3.8, 4) is 11.5 Å². The Bertz CT molecular complexity index is 571. The third-order valence-electron chi connectivity index (χ3n) is 2.65. The predicted molar refractivity (Wildman–Crippen MR) is 79.5 cm³/mol. The van der Waals surface area contributed by atoms with E-state index in [-0.39, 0.29) is 18.3 Å². The summed E-state index contributed by atoms with van der Waals surface area (Å²) in [6.07, 6.45) is 0. The van der Waals surface area contributed by atoms with E-state index >= 15 is 0 Å². The Hall–Kier alpha value is -2.53. The molecule has 2 aromatic rings. The van der Waals surface area contributed by atoms with Gasteiger partial charge in [0.15, 0.2) is 0 Å². The Morgan fingerprint density at radius 2 is 1.71 bits per heavy atom. The molecule has 110 valence electrons. The molecule has 0 aliphatic rings. The molecule has 5 nitrogen and oxygen atoms in total. The molecular formula is C16H17NO4. The van der Waals surface area contributed by atoms with Crippen LogP contribution in [0.2, 0.25) is 0 Å². The number of para-hydroxylation sites is 3. The van der Waals surface area contributed by atoms with Crippen molar-refractivity contribution in [2.75, 3.05) is 25.1 Å². The summed E-state index contributed by atoms with van der Waals surface area (Å²) in [7, 11) is 0. The van der Waals surface area contributed by atoms with Gasteiger partial charge >= 0.3 is 0 Å². The second-order valence-corrected chi connectivity index (χ2v) is 4.28. The lowest BCUT2D eigenvalue weighted by Gasteiger charge is -2.08. The SMILES string of the molecule is O=C(COCCOc1ccccc1)Nc1ccccc1O. The fourth-order valence-electron chi connectivity index (χ4n) is 1.67. The summed E-state index contributed by atoms with van der Waals surface area (Å²) in [5.74, 6) is 0.467. The van der Waals surface area contributed by atoms with E-state index < -0.39 is 0 Å². The summed E-state index contributed by atoms with van der Waals surface area (Å²) in [6.45, 7) is 0.587. The summed E-state index contributed by atoms with van der Waals surface area (Å²) >= 11 is 0. The molecule has 1 amide bonds. The van der Waals surface area contributed by atoms with Crippen LogP contribution in [0.1, 0.15) is 0 Å². The van der Waals surface area contributed by atoms with E-state index in [1.54, 1.807) is 18.2 Å². The van der Waals surface area contributed by atoms with Gasteiger partial charge in [0.05, 0.1) is 12.3 Å². The van der Waals surface area contributed by atoms with Gasteiger partial charge in [0.2, 0.25) is 5.91 Å². The lowest BCUT2D eigenvalue weighted by atomic mass is 10.3. The van der Waals surface area contributed by atoms with Crippen molar-refractivity contribution in [2.24, 2.45) is 0 Å². The van der Waals surface area contributed by atoms with Gasteiger partial charge < -0.3 is 19.9 Å². The Morgan fingerprint density at radius 3 is 2.48 bits per heavy atom. The van der Waals surface area contributed by atoms with Crippen LogP contribution >= 0.6 is 0 Å². The van der Waals surface area contributed by atoms with Gasteiger partial charge in [-0.25, -0.2) is 0 Å². The number of hydrogen-bond donors (Lipinski definition) is 2. The number of hydrogen-bond acceptors (Lipinski definition) is 4. The predicted octanol–water partition coefficient (Wildman–Crippen LogP) is 2.43. The highest BCUT2D eigenvalue weighted by molar-refractivity contribution is 5.93. The topological polar surface area (TPSA) is 67.8 Å². The molecule has 21 heavy (non-hydrogen) atoms. The van der Waals surface area contributed by atoms with Gasteiger partial charge in [-0.1, -0.05) is 30.3 Å². The minimum atomic E-state index is -0.323. The fraction of sp³-hybridized carbons (Fsp3) is 0.188. The first-order chi connectivity index (χ1) is 10.3. The maximum Gasteiger partial charge on any atom is 0.250 e. The molecule has 0 atom stereocenters. The molecule has 0 aromatic heterocycles. The van der Waals surface area contributed by atoms with Crippen molar-refractivity contribution in [3.63, 3.8) is 0 Å². The van der Waals surface area contributed by atoms with Crippen molar-refractivity contribution in [1.29, 1.82) is 0 Å². The van der Waals surface area contributed by atoms with Crippen LogP contribution in [-0.2, 0) is 9.53 Å². The monoisotopic (exact) mass is 287 g/mol. The Balaban J connectivity index is 1.63. The molecule has 0 heterocycles. The van der Waals surface area contributed by atoms with E-state index in [9.17, 15) is 9.90 Å². The number of benzene rings is 2. The van der Waals surface area contributed by atoms with Crippen LogP contribution < -0.4 is 10.1 Å². The molecule has 0 fully saturated rings. The zero-order chi connectivity index (χ0) is 14.9. The molecule has 0 bridgehead atoms. The van der Waals surface area contributed by atoms with Gasteiger partial charge in [-0.15, -0.1) is 0 Å². The third kappa shape index (κ3) is 5.16. The molecule has 2 rings (SSSR count). The number of rotatable bonds is 7. The van der Waals surface area contributed by atoms with Gasteiger partial charge in [0.1, 0.15) is 24.7 Å². The minimum Gasteiger partial charge on any atom is -0.506 e. The van der Waals surface area contributed by atoms with E-state index in [0.29, 0.717) is 18.9 Å². The number of carbonyl (C=O) groups excluding carboxylic acids is 1. The summed E-state index contributed by atoms with van der Waals surface area (Å²) in [4.78, 5) is 11.6. The Kier molecular flexibility index (Phi) is 5.60. The molecule has 0 radical (unpaired) electrons. The average molecular weight is 287 g/mol. The number of amides is 1. The number of carbonyl (C=O) groups is 1. The van der Waals surface area contributed by atoms with Crippen molar-refractivity contribution in [2.45, 2.75) is 0 Å². The summed E-state index contributed by atoms with van der Waals surface area (Å²) in [6, 6.07) is 15.9. The maximum absolute atomic E-state index is 11.6. The highest BCUT2D eigenvalue weighted by Gasteiger charge is 2.05. The van der Waals surface area contributed by atoms with Crippen LogP contribution in [0.25, 0.3) is 0 Å². The number of ether oxygens (including phenoxy) is 2. The first kappa shape index (κ1) is 14.9. The van der Waals surface area contributed by atoms with E-state index in [0.717, 1.165) is 5.75 Å². The van der Waals surface area contributed by atoms with Crippen LogP contribution in [0.4, 0.5) is 5.69 Å². The molecule has 5 heteroatoms. The number of aromatic hydroxyl groups is 1. The zero-order valence-corrected chi connectivity index (χ0v) is 11.5. The lowest BCUT2D eigenvalue weighted by Crippen LogP contribution is -2.20. The highest BCUT2D eigenvalue weighted by atomic mass is 16.5. The van der Waals surface area contributed by atoms with Gasteiger partial charge in [0.25, 0.3) is 0 Å². The maximum atomic E-state index is 11.6. The van der Waals surface area contributed by atoms with Gasteiger partial charge in [-0.3, -0.25) is 4.79 Å². The van der Waals surface area contributed by atoms with Crippen molar-refractivity contribution < 1.29 is 19.4 Å².